The number of H-pyrrole nitrogens is 1. The molecule has 0 radical (unpaired) electrons. The molecule has 0 bridgehead atoms. The van der Waals surface area contributed by atoms with Gasteiger partial charge in [0.25, 0.3) is 0 Å². The van der Waals surface area contributed by atoms with Crippen LogP contribution in [0.25, 0.3) is 0 Å². The third-order valence-electron chi connectivity index (χ3n) is 2.02. The molecular formula is C10H16N2. The fourth-order valence-corrected chi connectivity index (χ4v) is 1.25. The maximum Gasteiger partial charge on any atom is 0.0567 e. The van der Waals surface area contributed by atoms with Crippen molar-refractivity contribution in [1.82, 2.24) is 4.98 Å². The second-order valence-corrected chi connectivity index (χ2v) is 3.47. The zero-order chi connectivity index (χ0) is 9.19. The average molecular weight is 164 g/mol. The molecule has 0 unspecified atom stereocenters. The maximum absolute atomic E-state index is 6.06. The summed E-state index contributed by atoms with van der Waals surface area (Å²) in [7, 11) is 0. The van der Waals surface area contributed by atoms with Gasteiger partial charge in [-0.05, 0) is 32.4 Å². The van der Waals surface area contributed by atoms with Gasteiger partial charge in [-0.25, -0.2) is 0 Å². The molecule has 1 aromatic rings. The SMILES string of the molecule is C=CC[C@](C)(N)c1ccc(C)[nH]1. The van der Waals surface area contributed by atoms with Gasteiger partial charge in [-0.3, -0.25) is 0 Å². The molecule has 0 aliphatic carbocycles. The average Bonchev–Trinajstić information content (AvgIpc) is 2.36. The number of aryl methyl sites for hydroxylation is 1. The van der Waals surface area contributed by atoms with Crippen molar-refractivity contribution in [2.24, 2.45) is 5.73 Å². The van der Waals surface area contributed by atoms with Crippen LogP contribution < -0.4 is 5.73 Å². The molecule has 0 aliphatic rings. The largest absolute Gasteiger partial charge is 0.361 e. The van der Waals surface area contributed by atoms with Crippen LogP contribution in [0.1, 0.15) is 24.7 Å². The molecule has 0 amide bonds. The predicted octanol–water partition coefficient (Wildman–Crippen LogP) is 2.07. The van der Waals surface area contributed by atoms with E-state index in [4.69, 9.17) is 5.73 Å². The highest BCUT2D eigenvalue weighted by molar-refractivity contribution is 5.19. The van der Waals surface area contributed by atoms with E-state index in [-0.39, 0.29) is 5.54 Å². The monoisotopic (exact) mass is 164 g/mol. The van der Waals surface area contributed by atoms with Crippen LogP contribution in [0.3, 0.4) is 0 Å². The van der Waals surface area contributed by atoms with E-state index in [9.17, 15) is 0 Å². The molecular weight excluding hydrogens is 148 g/mol. The number of hydrogen-bond donors (Lipinski definition) is 2. The molecule has 66 valence electrons. The zero-order valence-electron chi connectivity index (χ0n) is 7.72. The first-order valence-corrected chi connectivity index (χ1v) is 4.12. The van der Waals surface area contributed by atoms with Crippen LogP contribution in [0.5, 0.6) is 0 Å². The summed E-state index contributed by atoms with van der Waals surface area (Å²) in [6, 6.07) is 4.06. The summed E-state index contributed by atoms with van der Waals surface area (Å²) >= 11 is 0. The Morgan fingerprint density at radius 2 is 2.33 bits per heavy atom. The molecule has 12 heavy (non-hydrogen) atoms. The van der Waals surface area contributed by atoms with Crippen molar-refractivity contribution in [2.75, 3.05) is 0 Å². The van der Waals surface area contributed by atoms with Gasteiger partial charge in [-0.2, -0.15) is 0 Å². The van der Waals surface area contributed by atoms with Crippen LogP contribution in [-0.2, 0) is 5.54 Å². The van der Waals surface area contributed by atoms with Crippen molar-refractivity contribution in [1.29, 1.82) is 0 Å². The second-order valence-electron chi connectivity index (χ2n) is 3.47. The first-order chi connectivity index (χ1) is 5.56. The maximum atomic E-state index is 6.06. The fourth-order valence-electron chi connectivity index (χ4n) is 1.25. The Labute approximate surface area is 73.5 Å². The van der Waals surface area contributed by atoms with Crippen molar-refractivity contribution < 1.29 is 0 Å². The molecule has 3 N–H and O–H groups in total. The summed E-state index contributed by atoms with van der Waals surface area (Å²) in [5.41, 5.74) is 7.96. The summed E-state index contributed by atoms with van der Waals surface area (Å²) in [5, 5.41) is 0. The van der Waals surface area contributed by atoms with E-state index in [0.29, 0.717) is 0 Å². The minimum Gasteiger partial charge on any atom is -0.361 e. The highest BCUT2D eigenvalue weighted by Crippen LogP contribution is 2.20. The third-order valence-corrected chi connectivity index (χ3v) is 2.02. The normalized spacial score (nSPS) is 15.6. The number of nitrogens with one attached hydrogen (secondary N) is 1. The van der Waals surface area contributed by atoms with Crippen molar-refractivity contribution in [3.05, 3.63) is 36.2 Å². The lowest BCUT2D eigenvalue weighted by molar-refractivity contribution is 0.488. The Morgan fingerprint density at radius 1 is 1.67 bits per heavy atom. The number of rotatable bonds is 3. The van der Waals surface area contributed by atoms with Gasteiger partial charge in [0, 0.05) is 11.4 Å². The molecule has 0 saturated heterocycles. The molecule has 0 aromatic carbocycles. The zero-order valence-corrected chi connectivity index (χ0v) is 7.72. The smallest absolute Gasteiger partial charge is 0.0567 e. The van der Waals surface area contributed by atoms with Gasteiger partial charge in [0.1, 0.15) is 0 Å². The Kier molecular flexibility index (Phi) is 2.38. The van der Waals surface area contributed by atoms with E-state index in [2.05, 4.69) is 11.6 Å². The molecule has 1 aromatic heterocycles. The number of aromatic nitrogens is 1. The number of aromatic amines is 1. The molecule has 1 rings (SSSR count). The first kappa shape index (κ1) is 9.07. The Morgan fingerprint density at radius 3 is 2.75 bits per heavy atom. The molecule has 1 atom stereocenters. The van der Waals surface area contributed by atoms with Gasteiger partial charge in [-0.15, -0.1) is 6.58 Å². The molecule has 0 fully saturated rings. The molecule has 0 spiro atoms. The number of hydrogen-bond acceptors (Lipinski definition) is 1. The van der Waals surface area contributed by atoms with Gasteiger partial charge in [0.2, 0.25) is 0 Å². The van der Waals surface area contributed by atoms with Gasteiger partial charge in [0.05, 0.1) is 5.54 Å². The highest BCUT2D eigenvalue weighted by atomic mass is 14.8. The fraction of sp³-hybridized carbons (Fsp3) is 0.400. The summed E-state index contributed by atoms with van der Waals surface area (Å²) < 4.78 is 0. The van der Waals surface area contributed by atoms with Crippen molar-refractivity contribution >= 4 is 0 Å². The van der Waals surface area contributed by atoms with Gasteiger partial charge in [-0.1, -0.05) is 6.08 Å². The lowest BCUT2D eigenvalue weighted by Gasteiger charge is -2.21. The Balaban J connectivity index is 2.88. The van der Waals surface area contributed by atoms with Crippen molar-refractivity contribution in [3.8, 4) is 0 Å². The first-order valence-electron chi connectivity index (χ1n) is 4.12. The second kappa shape index (κ2) is 3.15. The molecule has 0 aliphatic heterocycles. The standard InChI is InChI=1S/C10H16N2/c1-4-7-10(3,11)9-6-5-8(2)12-9/h4-6,12H,1,7,11H2,2-3H3/t10-/m0/s1. The molecule has 2 heteroatoms. The quantitative estimate of drug-likeness (QED) is 0.660. The van der Waals surface area contributed by atoms with Crippen LogP contribution in [0.4, 0.5) is 0 Å². The predicted molar refractivity (Wildman–Crippen MR) is 51.9 cm³/mol. The van der Waals surface area contributed by atoms with Gasteiger partial charge >= 0.3 is 0 Å². The molecule has 0 saturated carbocycles. The van der Waals surface area contributed by atoms with E-state index in [1.807, 2.05) is 32.1 Å². The molecule has 2 nitrogen and oxygen atoms in total. The van der Waals surface area contributed by atoms with E-state index in [0.717, 1.165) is 17.8 Å². The lowest BCUT2D eigenvalue weighted by atomic mass is 9.95. The van der Waals surface area contributed by atoms with Crippen molar-refractivity contribution in [2.45, 2.75) is 25.8 Å². The number of nitrogens with two attached hydrogens (primary N) is 1. The lowest BCUT2D eigenvalue weighted by Crippen LogP contribution is -2.32. The van der Waals surface area contributed by atoms with Crippen LogP contribution >= 0.6 is 0 Å². The minimum absolute atomic E-state index is 0.310. The van der Waals surface area contributed by atoms with Crippen LogP contribution in [-0.4, -0.2) is 4.98 Å². The van der Waals surface area contributed by atoms with Gasteiger partial charge < -0.3 is 10.7 Å². The van der Waals surface area contributed by atoms with Crippen LogP contribution in [0, 0.1) is 6.92 Å². The van der Waals surface area contributed by atoms with E-state index >= 15 is 0 Å². The third kappa shape index (κ3) is 1.77. The topological polar surface area (TPSA) is 41.8 Å². The Hall–Kier alpha value is -1.02. The van der Waals surface area contributed by atoms with E-state index in [1.54, 1.807) is 0 Å². The van der Waals surface area contributed by atoms with E-state index < -0.39 is 0 Å². The van der Waals surface area contributed by atoms with Crippen LogP contribution in [0.2, 0.25) is 0 Å². The van der Waals surface area contributed by atoms with E-state index in [1.165, 1.54) is 0 Å². The summed E-state index contributed by atoms with van der Waals surface area (Å²) in [6.07, 6.45) is 2.63. The minimum atomic E-state index is -0.310. The van der Waals surface area contributed by atoms with Crippen molar-refractivity contribution in [3.63, 3.8) is 0 Å². The van der Waals surface area contributed by atoms with Gasteiger partial charge in [0.15, 0.2) is 0 Å². The summed E-state index contributed by atoms with van der Waals surface area (Å²) in [6.45, 7) is 7.71. The Bertz CT molecular complexity index is 271. The highest BCUT2D eigenvalue weighted by Gasteiger charge is 2.20. The van der Waals surface area contributed by atoms with Crippen LogP contribution in [0.15, 0.2) is 24.8 Å². The molecule has 1 heterocycles. The summed E-state index contributed by atoms with van der Waals surface area (Å²) in [4.78, 5) is 3.23. The summed E-state index contributed by atoms with van der Waals surface area (Å²) in [5.74, 6) is 0.